The van der Waals surface area contributed by atoms with E-state index in [1.165, 1.54) is 48.9 Å². The minimum Gasteiger partial charge on any atom is -0.345 e. The fraction of sp³-hybridized carbons (Fsp3) is 0.320. The van der Waals surface area contributed by atoms with Gasteiger partial charge in [-0.2, -0.15) is 0 Å². The maximum atomic E-state index is 13.5. The minimum absolute atomic E-state index is 0.0808. The Morgan fingerprint density at radius 2 is 1.61 bits per heavy atom. The third-order valence-electron chi connectivity index (χ3n) is 6.35. The summed E-state index contributed by atoms with van der Waals surface area (Å²) in [7, 11) is 0. The van der Waals surface area contributed by atoms with Crippen molar-refractivity contribution in [1.82, 2.24) is 4.57 Å². The molecule has 5 rings (SSSR count). The molecule has 3 heteroatoms. The Bertz CT molecular complexity index is 980. The van der Waals surface area contributed by atoms with Crippen molar-refractivity contribution in [2.45, 2.75) is 51.1 Å². The Kier molecular flexibility index (Phi) is 4.52. The second kappa shape index (κ2) is 7.31. The standard InChI is InChI=1S/C25H26N2O/c28-25(21-14-12-20(13-15-21)19-7-2-1-3-8-19)27-18-23-10-6-16-26(23)17-22-9-4-5-11-24(22)27/h4-6,9-16,19H,1-3,7-8,17-18H2. The monoisotopic (exact) mass is 370 g/mol. The molecule has 28 heavy (non-hydrogen) atoms. The number of benzene rings is 2. The number of rotatable bonds is 2. The van der Waals surface area contributed by atoms with Gasteiger partial charge in [-0.1, -0.05) is 49.6 Å². The van der Waals surface area contributed by atoms with Crippen LogP contribution in [0.3, 0.4) is 0 Å². The van der Waals surface area contributed by atoms with E-state index in [1.807, 2.05) is 23.1 Å². The van der Waals surface area contributed by atoms with Crippen molar-refractivity contribution < 1.29 is 4.79 Å². The Morgan fingerprint density at radius 1 is 0.821 bits per heavy atom. The maximum Gasteiger partial charge on any atom is 0.258 e. The third-order valence-corrected chi connectivity index (χ3v) is 6.35. The van der Waals surface area contributed by atoms with Crippen LogP contribution in [0.4, 0.5) is 5.69 Å². The fourth-order valence-electron chi connectivity index (χ4n) is 4.76. The molecule has 1 amide bonds. The molecule has 2 aromatic carbocycles. The van der Waals surface area contributed by atoms with E-state index in [2.05, 4.69) is 53.2 Å². The van der Waals surface area contributed by atoms with Gasteiger partial charge < -0.3 is 9.47 Å². The predicted molar refractivity (Wildman–Crippen MR) is 113 cm³/mol. The first-order chi connectivity index (χ1) is 13.8. The van der Waals surface area contributed by atoms with Crippen LogP contribution in [0.1, 0.15) is 65.2 Å². The summed E-state index contributed by atoms with van der Waals surface area (Å²) in [5.74, 6) is 0.748. The zero-order valence-electron chi connectivity index (χ0n) is 16.2. The first-order valence-electron chi connectivity index (χ1n) is 10.4. The summed E-state index contributed by atoms with van der Waals surface area (Å²) in [6.07, 6.45) is 8.68. The van der Waals surface area contributed by atoms with Gasteiger partial charge in [0, 0.05) is 29.7 Å². The molecular weight excluding hydrogens is 344 g/mol. The maximum absolute atomic E-state index is 13.5. The van der Waals surface area contributed by atoms with Crippen molar-refractivity contribution in [2.24, 2.45) is 0 Å². The molecule has 0 spiro atoms. The lowest BCUT2D eigenvalue weighted by Gasteiger charge is -2.24. The number of carbonyl (C=O) groups is 1. The molecule has 3 aromatic rings. The molecule has 1 fully saturated rings. The largest absolute Gasteiger partial charge is 0.345 e. The van der Waals surface area contributed by atoms with Crippen molar-refractivity contribution >= 4 is 11.6 Å². The van der Waals surface area contributed by atoms with Crippen LogP contribution >= 0.6 is 0 Å². The average molecular weight is 370 g/mol. The van der Waals surface area contributed by atoms with Gasteiger partial charge in [0.15, 0.2) is 0 Å². The van der Waals surface area contributed by atoms with Crippen LogP contribution in [0.5, 0.6) is 0 Å². The highest BCUT2D eigenvalue weighted by Gasteiger charge is 2.25. The summed E-state index contributed by atoms with van der Waals surface area (Å²) in [4.78, 5) is 15.4. The van der Waals surface area contributed by atoms with E-state index >= 15 is 0 Å². The molecule has 142 valence electrons. The molecule has 0 unspecified atom stereocenters. The number of amides is 1. The van der Waals surface area contributed by atoms with Gasteiger partial charge in [-0.05, 0) is 60.2 Å². The SMILES string of the molecule is O=C(c1ccc(C2CCCCC2)cc1)N1Cc2cccn2Cc2ccccc21. The summed E-state index contributed by atoms with van der Waals surface area (Å²) in [6, 6.07) is 20.8. The van der Waals surface area contributed by atoms with Gasteiger partial charge in [-0.15, -0.1) is 0 Å². The van der Waals surface area contributed by atoms with Crippen LogP contribution in [-0.2, 0) is 13.1 Å². The molecule has 0 radical (unpaired) electrons. The van der Waals surface area contributed by atoms with Crippen LogP contribution in [0.2, 0.25) is 0 Å². The number of hydrogen-bond acceptors (Lipinski definition) is 1. The van der Waals surface area contributed by atoms with Gasteiger partial charge in [0.1, 0.15) is 0 Å². The number of hydrogen-bond donors (Lipinski definition) is 0. The molecule has 2 aliphatic rings. The van der Waals surface area contributed by atoms with Crippen LogP contribution in [0.25, 0.3) is 0 Å². The highest BCUT2D eigenvalue weighted by Crippen LogP contribution is 2.33. The fourth-order valence-corrected chi connectivity index (χ4v) is 4.76. The number of anilines is 1. The van der Waals surface area contributed by atoms with E-state index in [9.17, 15) is 4.79 Å². The van der Waals surface area contributed by atoms with Crippen LogP contribution < -0.4 is 4.90 Å². The lowest BCUT2D eigenvalue weighted by molar-refractivity contribution is 0.0985. The molecule has 3 nitrogen and oxygen atoms in total. The first kappa shape index (κ1) is 17.3. The highest BCUT2D eigenvalue weighted by molar-refractivity contribution is 6.06. The van der Waals surface area contributed by atoms with E-state index in [0.29, 0.717) is 12.5 Å². The second-order valence-electron chi connectivity index (χ2n) is 8.10. The van der Waals surface area contributed by atoms with Gasteiger partial charge in [0.2, 0.25) is 0 Å². The van der Waals surface area contributed by atoms with Crippen molar-refractivity contribution in [3.63, 3.8) is 0 Å². The summed E-state index contributed by atoms with van der Waals surface area (Å²) in [6.45, 7) is 1.41. The van der Waals surface area contributed by atoms with Gasteiger partial charge >= 0.3 is 0 Å². The third kappa shape index (κ3) is 3.15. The summed E-state index contributed by atoms with van der Waals surface area (Å²) in [5.41, 5.74) is 5.54. The number of nitrogens with zero attached hydrogens (tertiary/aromatic N) is 2. The van der Waals surface area contributed by atoms with Crippen molar-refractivity contribution in [3.8, 4) is 0 Å². The van der Waals surface area contributed by atoms with Gasteiger partial charge in [0.25, 0.3) is 5.91 Å². The lowest BCUT2D eigenvalue weighted by Crippen LogP contribution is -2.30. The second-order valence-corrected chi connectivity index (χ2v) is 8.10. The molecule has 1 aliphatic heterocycles. The van der Waals surface area contributed by atoms with Crippen molar-refractivity contribution in [3.05, 3.63) is 89.2 Å². The van der Waals surface area contributed by atoms with E-state index in [-0.39, 0.29) is 5.91 Å². The Hall–Kier alpha value is -2.81. The molecule has 0 atom stereocenters. The molecule has 1 aliphatic carbocycles. The molecule has 1 aromatic heterocycles. The van der Waals surface area contributed by atoms with E-state index < -0.39 is 0 Å². The summed E-state index contributed by atoms with van der Waals surface area (Å²) in [5, 5.41) is 0. The van der Waals surface area contributed by atoms with E-state index in [0.717, 1.165) is 17.8 Å². The molecule has 0 bridgehead atoms. The summed E-state index contributed by atoms with van der Waals surface area (Å²) >= 11 is 0. The van der Waals surface area contributed by atoms with Crippen LogP contribution in [0.15, 0.2) is 66.9 Å². The predicted octanol–water partition coefficient (Wildman–Crippen LogP) is 5.74. The molecule has 2 heterocycles. The average Bonchev–Trinajstić information content (AvgIpc) is 3.13. The molecule has 1 saturated carbocycles. The first-order valence-corrected chi connectivity index (χ1v) is 10.4. The zero-order valence-corrected chi connectivity index (χ0v) is 16.2. The van der Waals surface area contributed by atoms with E-state index in [4.69, 9.17) is 0 Å². The normalized spacial score (nSPS) is 16.9. The number of para-hydroxylation sites is 1. The quantitative estimate of drug-likeness (QED) is 0.564. The molecule has 0 saturated heterocycles. The van der Waals surface area contributed by atoms with Gasteiger partial charge in [-0.3, -0.25) is 4.79 Å². The van der Waals surface area contributed by atoms with Gasteiger partial charge in [-0.25, -0.2) is 0 Å². The van der Waals surface area contributed by atoms with Crippen LogP contribution in [0, 0.1) is 0 Å². The zero-order chi connectivity index (χ0) is 18.9. The van der Waals surface area contributed by atoms with Crippen LogP contribution in [-0.4, -0.2) is 10.5 Å². The number of carbonyl (C=O) groups excluding carboxylic acids is 1. The lowest BCUT2D eigenvalue weighted by atomic mass is 9.84. The smallest absolute Gasteiger partial charge is 0.258 e. The van der Waals surface area contributed by atoms with Gasteiger partial charge in [0.05, 0.1) is 6.54 Å². The van der Waals surface area contributed by atoms with E-state index in [1.54, 1.807) is 0 Å². The Balaban J connectivity index is 1.45. The Labute approximate surface area is 166 Å². The molecular formula is C25H26N2O. The Morgan fingerprint density at radius 3 is 2.43 bits per heavy atom. The number of fused-ring (bicyclic) bond motifs is 2. The van der Waals surface area contributed by atoms with Crippen molar-refractivity contribution in [2.75, 3.05) is 4.90 Å². The number of aromatic nitrogens is 1. The minimum atomic E-state index is 0.0808. The molecule has 0 N–H and O–H groups in total. The topological polar surface area (TPSA) is 25.2 Å². The van der Waals surface area contributed by atoms with Crippen molar-refractivity contribution in [1.29, 1.82) is 0 Å². The highest BCUT2D eigenvalue weighted by atomic mass is 16.2. The summed E-state index contributed by atoms with van der Waals surface area (Å²) < 4.78 is 2.23.